The Kier molecular flexibility index (Phi) is 2.92. The molecule has 0 aliphatic carbocycles. The lowest BCUT2D eigenvalue weighted by molar-refractivity contribution is 0.380. The maximum Gasteiger partial charge on any atom is 0.228 e. The maximum absolute atomic E-state index is 4.89. The zero-order chi connectivity index (χ0) is 10.5. The molecule has 0 aliphatic rings. The van der Waals surface area contributed by atoms with Crippen molar-refractivity contribution in [3.8, 4) is 0 Å². The Morgan fingerprint density at radius 3 is 3.13 bits per heavy atom. The molecule has 0 spiro atoms. The highest BCUT2D eigenvalue weighted by molar-refractivity contribution is 5.48. The van der Waals surface area contributed by atoms with E-state index in [1.165, 1.54) is 6.33 Å². The normalized spacial score (nSPS) is 10.2. The van der Waals surface area contributed by atoms with E-state index in [1.54, 1.807) is 6.20 Å². The molecule has 5 heteroatoms. The minimum absolute atomic E-state index is 0.647. The second-order valence-electron chi connectivity index (χ2n) is 3.20. The fraction of sp³-hybridized carbons (Fsp3) is 0.300. The SMILES string of the molecule is Cc1cnccc1NCCc1ncno1. The molecule has 5 nitrogen and oxygen atoms in total. The van der Waals surface area contributed by atoms with Crippen molar-refractivity contribution in [2.45, 2.75) is 13.3 Å². The average molecular weight is 204 g/mol. The van der Waals surface area contributed by atoms with E-state index in [1.807, 2.05) is 19.2 Å². The predicted octanol–water partition coefficient (Wildman–Crippen LogP) is 1.43. The fourth-order valence-electron chi connectivity index (χ4n) is 1.28. The van der Waals surface area contributed by atoms with Crippen LogP contribution in [0.25, 0.3) is 0 Å². The van der Waals surface area contributed by atoms with Crippen molar-refractivity contribution in [1.29, 1.82) is 0 Å². The lowest BCUT2D eigenvalue weighted by Gasteiger charge is -2.06. The van der Waals surface area contributed by atoms with E-state index in [2.05, 4.69) is 20.4 Å². The molecule has 2 aromatic rings. The minimum Gasteiger partial charge on any atom is -0.384 e. The lowest BCUT2D eigenvalue weighted by Crippen LogP contribution is -2.06. The molecule has 2 rings (SSSR count). The molecule has 0 bridgehead atoms. The third-order valence-corrected chi connectivity index (χ3v) is 2.08. The summed E-state index contributed by atoms with van der Waals surface area (Å²) in [6.45, 7) is 2.79. The molecule has 0 saturated carbocycles. The Balaban J connectivity index is 1.86. The zero-order valence-electron chi connectivity index (χ0n) is 8.47. The van der Waals surface area contributed by atoms with Crippen molar-refractivity contribution < 1.29 is 4.52 Å². The molecule has 0 aliphatic heterocycles. The van der Waals surface area contributed by atoms with Gasteiger partial charge in [-0.2, -0.15) is 4.98 Å². The van der Waals surface area contributed by atoms with E-state index in [0.29, 0.717) is 5.89 Å². The van der Waals surface area contributed by atoms with Gasteiger partial charge in [0.15, 0.2) is 6.33 Å². The fourth-order valence-corrected chi connectivity index (χ4v) is 1.28. The van der Waals surface area contributed by atoms with Crippen LogP contribution in [0.2, 0.25) is 0 Å². The summed E-state index contributed by atoms with van der Waals surface area (Å²) in [5, 5.41) is 6.82. The summed E-state index contributed by atoms with van der Waals surface area (Å²) in [4.78, 5) is 7.96. The average Bonchev–Trinajstić information content (AvgIpc) is 2.74. The number of aryl methyl sites for hydroxylation is 1. The van der Waals surface area contributed by atoms with Gasteiger partial charge in [-0.3, -0.25) is 4.98 Å². The zero-order valence-corrected chi connectivity index (χ0v) is 8.47. The van der Waals surface area contributed by atoms with Crippen LogP contribution in [-0.4, -0.2) is 21.7 Å². The number of anilines is 1. The van der Waals surface area contributed by atoms with Crippen molar-refractivity contribution in [2.24, 2.45) is 0 Å². The first-order chi connectivity index (χ1) is 7.36. The van der Waals surface area contributed by atoms with Gasteiger partial charge >= 0.3 is 0 Å². The van der Waals surface area contributed by atoms with Crippen LogP contribution in [0.1, 0.15) is 11.5 Å². The molecular weight excluding hydrogens is 192 g/mol. The standard InChI is InChI=1S/C10H12N4O/c1-8-6-11-4-2-9(8)12-5-3-10-13-7-14-15-10/h2,4,6-7H,3,5H2,1H3,(H,11,12). The van der Waals surface area contributed by atoms with Crippen LogP contribution in [0.3, 0.4) is 0 Å². The van der Waals surface area contributed by atoms with E-state index >= 15 is 0 Å². The first-order valence-corrected chi connectivity index (χ1v) is 4.76. The second-order valence-corrected chi connectivity index (χ2v) is 3.20. The van der Waals surface area contributed by atoms with Gasteiger partial charge in [0.25, 0.3) is 0 Å². The Labute approximate surface area is 87.5 Å². The summed E-state index contributed by atoms with van der Waals surface area (Å²) in [6.07, 6.45) is 5.73. The molecule has 0 aromatic carbocycles. The Morgan fingerprint density at radius 1 is 1.47 bits per heavy atom. The first-order valence-electron chi connectivity index (χ1n) is 4.76. The molecule has 78 valence electrons. The highest BCUT2D eigenvalue weighted by Crippen LogP contribution is 2.11. The second kappa shape index (κ2) is 4.54. The highest BCUT2D eigenvalue weighted by atomic mass is 16.5. The summed E-state index contributed by atoms with van der Waals surface area (Å²) < 4.78 is 4.89. The molecule has 0 atom stereocenters. The molecule has 0 saturated heterocycles. The summed E-state index contributed by atoms with van der Waals surface area (Å²) >= 11 is 0. The van der Waals surface area contributed by atoms with Crippen LogP contribution in [0.4, 0.5) is 5.69 Å². The van der Waals surface area contributed by atoms with E-state index in [0.717, 1.165) is 24.2 Å². The first kappa shape index (κ1) is 9.64. The number of aromatic nitrogens is 3. The van der Waals surface area contributed by atoms with Crippen LogP contribution in [0.5, 0.6) is 0 Å². The molecule has 2 heterocycles. The third-order valence-electron chi connectivity index (χ3n) is 2.08. The number of rotatable bonds is 4. The van der Waals surface area contributed by atoms with Gasteiger partial charge in [0.1, 0.15) is 0 Å². The van der Waals surface area contributed by atoms with Crippen molar-refractivity contribution in [3.05, 3.63) is 36.2 Å². The molecule has 0 amide bonds. The van der Waals surface area contributed by atoms with Crippen molar-refractivity contribution >= 4 is 5.69 Å². The third kappa shape index (κ3) is 2.52. The molecule has 0 unspecified atom stereocenters. The van der Waals surface area contributed by atoms with Crippen LogP contribution in [0, 0.1) is 6.92 Å². The summed E-state index contributed by atoms with van der Waals surface area (Å²) in [6, 6.07) is 1.95. The van der Waals surface area contributed by atoms with Crippen molar-refractivity contribution in [2.75, 3.05) is 11.9 Å². The quantitative estimate of drug-likeness (QED) is 0.816. The van der Waals surface area contributed by atoms with E-state index < -0.39 is 0 Å². The summed E-state index contributed by atoms with van der Waals surface area (Å²) in [5.41, 5.74) is 2.22. The molecule has 15 heavy (non-hydrogen) atoms. The van der Waals surface area contributed by atoms with E-state index in [9.17, 15) is 0 Å². The van der Waals surface area contributed by atoms with Gasteiger partial charge in [0, 0.05) is 31.0 Å². The molecule has 2 aromatic heterocycles. The van der Waals surface area contributed by atoms with Gasteiger partial charge in [0.05, 0.1) is 0 Å². The minimum atomic E-state index is 0.647. The Bertz CT molecular complexity index is 413. The van der Waals surface area contributed by atoms with Gasteiger partial charge in [-0.25, -0.2) is 0 Å². The van der Waals surface area contributed by atoms with Crippen LogP contribution >= 0.6 is 0 Å². The van der Waals surface area contributed by atoms with Crippen LogP contribution < -0.4 is 5.32 Å². The Hall–Kier alpha value is -1.91. The van der Waals surface area contributed by atoms with Crippen molar-refractivity contribution in [1.82, 2.24) is 15.1 Å². The van der Waals surface area contributed by atoms with Gasteiger partial charge in [-0.1, -0.05) is 5.16 Å². The number of nitrogens with one attached hydrogen (secondary N) is 1. The van der Waals surface area contributed by atoms with Crippen LogP contribution in [0.15, 0.2) is 29.3 Å². The topological polar surface area (TPSA) is 63.8 Å². The smallest absolute Gasteiger partial charge is 0.228 e. The molecular formula is C10H12N4O. The largest absolute Gasteiger partial charge is 0.384 e. The van der Waals surface area contributed by atoms with Gasteiger partial charge in [-0.05, 0) is 18.6 Å². The van der Waals surface area contributed by atoms with Gasteiger partial charge in [-0.15, -0.1) is 0 Å². The summed E-state index contributed by atoms with van der Waals surface area (Å²) in [5.74, 6) is 0.647. The van der Waals surface area contributed by atoms with Crippen LogP contribution in [-0.2, 0) is 6.42 Å². The summed E-state index contributed by atoms with van der Waals surface area (Å²) in [7, 11) is 0. The number of hydrogen-bond acceptors (Lipinski definition) is 5. The molecule has 1 N–H and O–H groups in total. The highest BCUT2D eigenvalue weighted by Gasteiger charge is 1.99. The number of hydrogen-bond donors (Lipinski definition) is 1. The van der Waals surface area contributed by atoms with Gasteiger partial charge < -0.3 is 9.84 Å². The Morgan fingerprint density at radius 2 is 2.40 bits per heavy atom. The lowest BCUT2D eigenvalue weighted by atomic mass is 10.2. The van der Waals surface area contributed by atoms with Crippen molar-refractivity contribution in [3.63, 3.8) is 0 Å². The van der Waals surface area contributed by atoms with E-state index in [-0.39, 0.29) is 0 Å². The van der Waals surface area contributed by atoms with Gasteiger partial charge in [0.2, 0.25) is 5.89 Å². The van der Waals surface area contributed by atoms with E-state index in [4.69, 9.17) is 4.52 Å². The maximum atomic E-state index is 4.89. The number of pyridine rings is 1. The molecule has 0 fully saturated rings. The molecule has 0 radical (unpaired) electrons. The number of nitrogens with zero attached hydrogens (tertiary/aromatic N) is 3. The predicted molar refractivity (Wildman–Crippen MR) is 55.5 cm³/mol. The monoisotopic (exact) mass is 204 g/mol.